The van der Waals surface area contributed by atoms with Gasteiger partial charge in [0.1, 0.15) is 0 Å². The van der Waals surface area contributed by atoms with Crippen LogP contribution in [-0.4, -0.2) is 43.9 Å². The molecule has 1 N–H and O–H groups in total. The third-order valence-corrected chi connectivity index (χ3v) is 4.28. The molecule has 124 valence electrons. The highest BCUT2D eigenvalue weighted by molar-refractivity contribution is 7.87. The van der Waals surface area contributed by atoms with E-state index in [1.807, 2.05) is 13.8 Å². The molecule has 0 amide bonds. The van der Waals surface area contributed by atoms with Crippen molar-refractivity contribution in [1.82, 2.24) is 0 Å². The minimum Gasteiger partial charge on any atom is -0.469 e. The quantitative estimate of drug-likeness (QED) is 0.480. The van der Waals surface area contributed by atoms with Crippen molar-refractivity contribution in [2.75, 3.05) is 13.7 Å². The Morgan fingerprint density at radius 2 is 1.86 bits per heavy atom. The molecular weight excluding hydrogens is 300 g/mol. The van der Waals surface area contributed by atoms with Gasteiger partial charge in [0.25, 0.3) is 10.1 Å². The van der Waals surface area contributed by atoms with Crippen LogP contribution < -0.4 is 0 Å². The number of ether oxygens (including phenoxy) is 2. The molecule has 0 aliphatic rings. The molecule has 0 spiro atoms. The second-order valence-electron chi connectivity index (χ2n) is 4.83. The van der Waals surface area contributed by atoms with Crippen LogP contribution in [0.15, 0.2) is 0 Å². The van der Waals surface area contributed by atoms with Crippen LogP contribution >= 0.6 is 0 Å². The maximum absolute atomic E-state index is 11.8. The van der Waals surface area contributed by atoms with Crippen molar-refractivity contribution in [3.63, 3.8) is 0 Å². The number of hydrogen-bond donors (Lipinski definition) is 1. The Labute approximate surface area is 125 Å². The van der Waals surface area contributed by atoms with Gasteiger partial charge in [-0.3, -0.25) is 14.1 Å². The molecule has 2 atom stereocenters. The van der Waals surface area contributed by atoms with Crippen molar-refractivity contribution in [2.24, 2.45) is 5.92 Å². The van der Waals surface area contributed by atoms with E-state index in [0.717, 1.165) is 32.8 Å². The minimum absolute atomic E-state index is 0.0720. The molecule has 21 heavy (non-hydrogen) atoms. The summed E-state index contributed by atoms with van der Waals surface area (Å²) in [6.45, 7) is 4.06. The van der Waals surface area contributed by atoms with Gasteiger partial charge < -0.3 is 9.47 Å². The second-order valence-corrected chi connectivity index (χ2v) is 6.43. The van der Waals surface area contributed by atoms with Crippen LogP contribution in [-0.2, 0) is 29.2 Å². The van der Waals surface area contributed by atoms with Gasteiger partial charge in [-0.15, -0.1) is 0 Å². The average molecular weight is 324 g/mol. The smallest absolute Gasteiger partial charge is 0.327 e. The number of unbranched alkanes of at least 4 members (excludes halogenated alkanes) is 1. The molecule has 0 aromatic heterocycles. The van der Waals surface area contributed by atoms with E-state index in [-0.39, 0.29) is 12.5 Å². The topological polar surface area (TPSA) is 107 Å². The third-order valence-electron chi connectivity index (χ3n) is 3.21. The highest BCUT2D eigenvalue weighted by Gasteiger charge is 2.35. The Kier molecular flexibility index (Phi) is 9.19. The fourth-order valence-corrected chi connectivity index (χ4v) is 2.39. The van der Waals surface area contributed by atoms with Gasteiger partial charge in [-0.2, -0.15) is 8.42 Å². The average Bonchev–Trinajstić information content (AvgIpc) is 2.43. The zero-order valence-corrected chi connectivity index (χ0v) is 13.5. The van der Waals surface area contributed by atoms with Crippen molar-refractivity contribution in [3.05, 3.63) is 0 Å². The largest absolute Gasteiger partial charge is 0.469 e. The van der Waals surface area contributed by atoms with Gasteiger partial charge in [0, 0.05) is 0 Å². The van der Waals surface area contributed by atoms with E-state index in [2.05, 4.69) is 4.74 Å². The summed E-state index contributed by atoms with van der Waals surface area (Å²) in [5.41, 5.74) is 0. The van der Waals surface area contributed by atoms with Gasteiger partial charge in [0.05, 0.1) is 20.1 Å². The van der Waals surface area contributed by atoms with Crippen LogP contribution in [0, 0.1) is 5.92 Å². The lowest BCUT2D eigenvalue weighted by Gasteiger charge is -2.17. The van der Waals surface area contributed by atoms with Crippen LogP contribution in [0.1, 0.15) is 46.0 Å². The molecule has 0 aliphatic carbocycles. The van der Waals surface area contributed by atoms with Crippen LogP contribution in [0.25, 0.3) is 0 Å². The van der Waals surface area contributed by atoms with Crippen LogP contribution in [0.5, 0.6) is 0 Å². The first-order valence-electron chi connectivity index (χ1n) is 6.95. The van der Waals surface area contributed by atoms with Crippen molar-refractivity contribution >= 4 is 22.1 Å². The molecule has 0 bridgehead atoms. The molecule has 8 heteroatoms. The normalized spacial score (nSPS) is 14.3. The summed E-state index contributed by atoms with van der Waals surface area (Å²) in [4.78, 5) is 22.9. The van der Waals surface area contributed by atoms with Crippen molar-refractivity contribution in [1.29, 1.82) is 0 Å². The Hall–Kier alpha value is -1.15. The minimum atomic E-state index is -4.72. The Morgan fingerprint density at radius 3 is 2.29 bits per heavy atom. The lowest BCUT2D eigenvalue weighted by molar-refractivity contribution is -0.149. The van der Waals surface area contributed by atoms with Gasteiger partial charge >= 0.3 is 11.9 Å². The summed E-state index contributed by atoms with van der Waals surface area (Å²) in [5.74, 6) is -1.90. The molecule has 7 nitrogen and oxygen atoms in total. The van der Waals surface area contributed by atoms with Crippen LogP contribution in [0.2, 0.25) is 0 Å². The summed E-state index contributed by atoms with van der Waals surface area (Å²) in [5, 5.41) is -1.94. The van der Waals surface area contributed by atoms with Crippen molar-refractivity contribution < 1.29 is 32.0 Å². The molecule has 0 radical (unpaired) electrons. The summed E-state index contributed by atoms with van der Waals surface area (Å²) < 4.78 is 40.6. The summed E-state index contributed by atoms with van der Waals surface area (Å²) >= 11 is 0. The highest BCUT2D eigenvalue weighted by atomic mass is 32.2. The van der Waals surface area contributed by atoms with E-state index in [9.17, 15) is 18.0 Å². The highest BCUT2D eigenvalue weighted by Crippen LogP contribution is 2.15. The Bertz CT molecular complexity index is 430. The van der Waals surface area contributed by atoms with Gasteiger partial charge in [0.2, 0.25) is 0 Å². The molecule has 0 aromatic carbocycles. The standard InChI is InChI=1S/C13H24O7S/c1-4-6-7-10(5-2)9-20-13(15)11(21(16,17)18)8-12(14)19-3/h10-11H,4-9H2,1-3H3,(H,16,17,18). The zero-order chi connectivity index (χ0) is 16.5. The van der Waals surface area contributed by atoms with Gasteiger partial charge in [-0.05, 0) is 12.3 Å². The lowest BCUT2D eigenvalue weighted by atomic mass is 10.0. The summed E-state index contributed by atoms with van der Waals surface area (Å²) in [7, 11) is -3.65. The maximum Gasteiger partial charge on any atom is 0.327 e. The molecule has 0 heterocycles. The number of hydrogen-bond acceptors (Lipinski definition) is 6. The number of methoxy groups -OCH3 is 1. The van der Waals surface area contributed by atoms with E-state index in [1.54, 1.807) is 0 Å². The number of rotatable bonds is 10. The molecule has 0 aliphatic heterocycles. The van der Waals surface area contributed by atoms with E-state index < -0.39 is 33.7 Å². The number of esters is 2. The fraction of sp³-hybridized carbons (Fsp3) is 0.846. The predicted octanol–water partition coefficient (Wildman–Crippen LogP) is 1.57. The maximum atomic E-state index is 11.8. The van der Waals surface area contributed by atoms with Crippen LogP contribution in [0.3, 0.4) is 0 Å². The molecule has 0 saturated heterocycles. The van der Waals surface area contributed by atoms with E-state index in [1.165, 1.54) is 0 Å². The molecular formula is C13H24O7S. The third kappa shape index (κ3) is 8.01. The molecule has 0 rings (SSSR count). The first kappa shape index (κ1) is 19.9. The fourth-order valence-electron chi connectivity index (χ4n) is 1.74. The first-order chi connectivity index (χ1) is 9.76. The second kappa shape index (κ2) is 9.73. The van der Waals surface area contributed by atoms with E-state index in [4.69, 9.17) is 9.29 Å². The van der Waals surface area contributed by atoms with Gasteiger partial charge in [-0.25, -0.2) is 0 Å². The molecule has 0 aromatic rings. The van der Waals surface area contributed by atoms with Gasteiger partial charge in [0.15, 0.2) is 5.25 Å². The van der Waals surface area contributed by atoms with Crippen LogP contribution in [0.4, 0.5) is 0 Å². The molecule has 2 unspecified atom stereocenters. The molecule has 0 fully saturated rings. The number of carbonyl (C=O) groups is 2. The lowest BCUT2D eigenvalue weighted by Crippen LogP contribution is -2.35. The summed E-state index contributed by atoms with van der Waals surface area (Å²) in [6, 6.07) is 0. The van der Waals surface area contributed by atoms with Gasteiger partial charge in [-0.1, -0.05) is 33.1 Å². The van der Waals surface area contributed by atoms with E-state index >= 15 is 0 Å². The molecule has 0 saturated carbocycles. The van der Waals surface area contributed by atoms with Crippen molar-refractivity contribution in [2.45, 2.75) is 51.2 Å². The summed E-state index contributed by atoms with van der Waals surface area (Å²) in [6.07, 6.45) is 2.90. The number of carbonyl (C=O) groups excluding carboxylic acids is 2. The van der Waals surface area contributed by atoms with E-state index in [0.29, 0.717) is 0 Å². The van der Waals surface area contributed by atoms with Crippen molar-refractivity contribution in [3.8, 4) is 0 Å². The Morgan fingerprint density at radius 1 is 1.24 bits per heavy atom. The monoisotopic (exact) mass is 324 g/mol. The Balaban J connectivity index is 4.64. The SMILES string of the molecule is CCCCC(CC)COC(=O)C(CC(=O)OC)S(=O)(=O)O. The first-order valence-corrected chi connectivity index (χ1v) is 8.46. The predicted molar refractivity (Wildman–Crippen MR) is 76.2 cm³/mol. The zero-order valence-electron chi connectivity index (χ0n) is 12.7.